The van der Waals surface area contributed by atoms with Crippen LogP contribution >= 0.6 is 11.8 Å². The van der Waals surface area contributed by atoms with Gasteiger partial charge in [0.05, 0.1) is 50.2 Å². The predicted octanol–water partition coefficient (Wildman–Crippen LogP) is 4.30. The van der Waals surface area contributed by atoms with Gasteiger partial charge in [-0.25, -0.2) is 4.98 Å². The number of non-ortho nitro benzene ring substituents is 1. The molecule has 0 aliphatic heterocycles. The number of ether oxygens (including phenoxy) is 4. The molecule has 38 heavy (non-hydrogen) atoms. The van der Waals surface area contributed by atoms with Crippen molar-refractivity contribution in [1.29, 1.82) is 0 Å². The van der Waals surface area contributed by atoms with Crippen molar-refractivity contribution in [2.45, 2.75) is 5.16 Å². The summed E-state index contributed by atoms with van der Waals surface area (Å²) in [4.78, 5) is 42.0. The fourth-order valence-electron chi connectivity index (χ4n) is 3.81. The number of ketones is 1. The Bertz CT molecular complexity index is 1570. The highest BCUT2D eigenvalue weighted by molar-refractivity contribution is 7.99. The van der Waals surface area contributed by atoms with Gasteiger partial charge in [-0.05, 0) is 42.5 Å². The molecule has 0 aliphatic rings. The van der Waals surface area contributed by atoms with Gasteiger partial charge < -0.3 is 18.9 Å². The van der Waals surface area contributed by atoms with Crippen LogP contribution in [0.2, 0.25) is 0 Å². The molecule has 196 valence electrons. The fourth-order valence-corrected chi connectivity index (χ4v) is 4.71. The normalized spacial score (nSPS) is 10.7. The van der Waals surface area contributed by atoms with Crippen LogP contribution in [0.3, 0.4) is 0 Å². The Labute approximate surface area is 221 Å². The molecule has 1 aromatic heterocycles. The topological polar surface area (TPSA) is 132 Å². The third-order valence-electron chi connectivity index (χ3n) is 5.70. The second-order valence-corrected chi connectivity index (χ2v) is 8.73. The SMILES string of the molecule is COc1ccc(C(=O)CSc2nc3c(OC)c(OC)c(OC)cc3c(=O)n2-c2ccc([N+](=O)[O-])cc2)cc1. The number of rotatable bonds is 10. The first-order chi connectivity index (χ1) is 18.3. The van der Waals surface area contributed by atoms with Gasteiger partial charge in [-0.15, -0.1) is 0 Å². The fraction of sp³-hybridized carbons (Fsp3) is 0.192. The highest BCUT2D eigenvalue weighted by Crippen LogP contribution is 2.42. The summed E-state index contributed by atoms with van der Waals surface area (Å²) >= 11 is 1.05. The second kappa shape index (κ2) is 11.2. The van der Waals surface area contributed by atoms with Crippen LogP contribution in [0.1, 0.15) is 10.4 Å². The molecule has 0 saturated carbocycles. The number of hydrogen-bond acceptors (Lipinski definition) is 10. The molecule has 3 aromatic carbocycles. The van der Waals surface area contributed by atoms with Gasteiger partial charge in [0.15, 0.2) is 22.4 Å². The van der Waals surface area contributed by atoms with E-state index in [-0.39, 0.29) is 50.5 Å². The van der Waals surface area contributed by atoms with E-state index in [0.717, 1.165) is 11.8 Å². The summed E-state index contributed by atoms with van der Waals surface area (Å²) in [5, 5.41) is 11.5. The first-order valence-corrected chi connectivity index (χ1v) is 12.1. The maximum absolute atomic E-state index is 13.8. The number of nitrogens with zero attached hydrogens (tertiary/aromatic N) is 3. The van der Waals surface area contributed by atoms with Crippen molar-refractivity contribution in [2.75, 3.05) is 34.2 Å². The van der Waals surface area contributed by atoms with E-state index < -0.39 is 10.5 Å². The number of hydrogen-bond donors (Lipinski definition) is 0. The molecule has 0 saturated heterocycles. The Balaban J connectivity index is 1.87. The van der Waals surface area contributed by atoms with Crippen molar-refractivity contribution in [3.05, 3.63) is 80.6 Å². The van der Waals surface area contributed by atoms with Crippen LogP contribution in [0.15, 0.2) is 64.5 Å². The molecule has 0 fully saturated rings. The van der Waals surface area contributed by atoms with E-state index in [1.807, 2.05) is 0 Å². The highest BCUT2D eigenvalue weighted by Gasteiger charge is 2.23. The monoisotopic (exact) mass is 537 g/mol. The summed E-state index contributed by atoms with van der Waals surface area (Å²) < 4.78 is 22.8. The van der Waals surface area contributed by atoms with Gasteiger partial charge in [0.2, 0.25) is 5.75 Å². The van der Waals surface area contributed by atoms with Crippen LogP contribution in [-0.2, 0) is 0 Å². The van der Waals surface area contributed by atoms with Gasteiger partial charge >= 0.3 is 0 Å². The minimum Gasteiger partial charge on any atom is -0.497 e. The van der Waals surface area contributed by atoms with Gasteiger partial charge in [-0.3, -0.25) is 24.3 Å². The number of methoxy groups -OCH3 is 4. The summed E-state index contributed by atoms with van der Waals surface area (Å²) in [5.74, 6) is 1.11. The highest BCUT2D eigenvalue weighted by atomic mass is 32.2. The number of aromatic nitrogens is 2. The molecule has 0 amide bonds. The quantitative estimate of drug-likeness (QED) is 0.0948. The number of thioether (sulfide) groups is 1. The average molecular weight is 538 g/mol. The molecule has 0 radical (unpaired) electrons. The molecular weight excluding hydrogens is 514 g/mol. The van der Waals surface area contributed by atoms with E-state index in [1.54, 1.807) is 24.3 Å². The minimum absolute atomic E-state index is 0.0349. The molecule has 4 rings (SSSR count). The smallest absolute Gasteiger partial charge is 0.269 e. The maximum atomic E-state index is 13.8. The van der Waals surface area contributed by atoms with Gasteiger partial charge in [0.1, 0.15) is 11.3 Å². The Kier molecular flexibility index (Phi) is 7.82. The number of carbonyl (C=O) groups is 1. The van der Waals surface area contributed by atoms with Crippen molar-refractivity contribution in [1.82, 2.24) is 9.55 Å². The van der Waals surface area contributed by atoms with Crippen LogP contribution < -0.4 is 24.5 Å². The Morgan fingerprint density at radius 3 is 2.16 bits per heavy atom. The molecule has 0 unspecified atom stereocenters. The second-order valence-electron chi connectivity index (χ2n) is 7.79. The zero-order valence-corrected chi connectivity index (χ0v) is 21.7. The Morgan fingerprint density at radius 1 is 0.947 bits per heavy atom. The Morgan fingerprint density at radius 2 is 1.61 bits per heavy atom. The molecule has 1 heterocycles. The lowest BCUT2D eigenvalue weighted by atomic mass is 10.1. The van der Waals surface area contributed by atoms with E-state index in [1.165, 1.54) is 63.3 Å². The third-order valence-corrected chi connectivity index (χ3v) is 6.64. The van der Waals surface area contributed by atoms with Gasteiger partial charge in [0.25, 0.3) is 11.2 Å². The number of fused-ring (bicyclic) bond motifs is 1. The zero-order chi connectivity index (χ0) is 27.4. The van der Waals surface area contributed by atoms with Crippen LogP contribution in [0, 0.1) is 10.1 Å². The standard InChI is InChI=1S/C26H23N3O8S/c1-34-18-11-5-15(6-12-18)20(30)14-38-26-27-22-19(13-21(35-2)23(36-3)24(22)37-4)25(31)28(26)16-7-9-17(10-8-16)29(32)33/h5-13H,14H2,1-4H3. The average Bonchev–Trinajstić information content (AvgIpc) is 2.95. The van der Waals surface area contributed by atoms with E-state index in [0.29, 0.717) is 17.0 Å². The van der Waals surface area contributed by atoms with Gasteiger partial charge in [0, 0.05) is 17.7 Å². The molecule has 0 spiro atoms. The van der Waals surface area contributed by atoms with Crippen LogP contribution in [-0.4, -0.2) is 54.4 Å². The Hall–Kier alpha value is -4.58. The van der Waals surface area contributed by atoms with E-state index in [9.17, 15) is 19.7 Å². The van der Waals surface area contributed by atoms with E-state index >= 15 is 0 Å². The van der Waals surface area contributed by atoms with Crippen molar-refractivity contribution >= 4 is 34.1 Å². The summed E-state index contributed by atoms with van der Waals surface area (Å²) in [7, 11) is 5.82. The zero-order valence-electron chi connectivity index (χ0n) is 20.9. The molecule has 12 heteroatoms. The largest absolute Gasteiger partial charge is 0.497 e. The number of Topliss-reactive ketones (excluding diaryl/α,β-unsaturated/α-hetero) is 1. The molecule has 0 aliphatic carbocycles. The van der Waals surface area contributed by atoms with Gasteiger partial charge in [-0.1, -0.05) is 11.8 Å². The number of nitro benzene ring substituents is 1. The van der Waals surface area contributed by atoms with Crippen molar-refractivity contribution in [3.8, 4) is 28.7 Å². The van der Waals surface area contributed by atoms with Crippen molar-refractivity contribution in [2.24, 2.45) is 0 Å². The number of benzene rings is 3. The predicted molar refractivity (Wildman–Crippen MR) is 142 cm³/mol. The lowest BCUT2D eigenvalue weighted by Gasteiger charge is -2.17. The molecule has 0 atom stereocenters. The molecule has 0 bridgehead atoms. The summed E-state index contributed by atoms with van der Waals surface area (Å²) in [5.41, 5.74) is 0.401. The lowest BCUT2D eigenvalue weighted by Crippen LogP contribution is -2.22. The summed E-state index contributed by atoms with van der Waals surface area (Å²) in [6.45, 7) is 0. The van der Waals surface area contributed by atoms with Crippen LogP contribution in [0.25, 0.3) is 16.6 Å². The number of carbonyl (C=O) groups excluding carboxylic acids is 1. The van der Waals surface area contributed by atoms with Crippen LogP contribution in [0.4, 0.5) is 5.69 Å². The van der Waals surface area contributed by atoms with Crippen LogP contribution in [0.5, 0.6) is 23.0 Å². The summed E-state index contributed by atoms with van der Waals surface area (Å²) in [6, 6.07) is 13.6. The minimum atomic E-state index is -0.531. The molecular formula is C26H23N3O8S. The summed E-state index contributed by atoms with van der Waals surface area (Å²) in [6.07, 6.45) is 0. The number of nitro groups is 1. The third kappa shape index (κ3) is 4.98. The first-order valence-electron chi connectivity index (χ1n) is 11.1. The molecule has 0 N–H and O–H groups in total. The lowest BCUT2D eigenvalue weighted by molar-refractivity contribution is -0.384. The molecule has 11 nitrogen and oxygen atoms in total. The molecule has 4 aromatic rings. The van der Waals surface area contributed by atoms with Gasteiger partial charge in [-0.2, -0.15) is 0 Å². The first kappa shape index (κ1) is 26.5. The van der Waals surface area contributed by atoms with E-state index in [2.05, 4.69) is 4.98 Å². The van der Waals surface area contributed by atoms with Crippen molar-refractivity contribution in [3.63, 3.8) is 0 Å². The maximum Gasteiger partial charge on any atom is 0.269 e. The van der Waals surface area contributed by atoms with E-state index in [4.69, 9.17) is 18.9 Å². The van der Waals surface area contributed by atoms with Crippen molar-refractivity contribution < 1.29 is 28.7 Å².